The van der Waals surface area contributed by atoms with E-state index in [4.69, 9.17) is 4.74 Å². The molecule has 0 saturated carbocycles. The van der Waals surface area contributed by atoms with Crippen LogP contribution in [0.5, 0.6) is 0 Å². The molecule has 30 heavy (non-hydrogen) atoms. The Bertz CT molecular complexity index is 1390. The first-order chi connectivity index (χ1) is 14.5. The molecule has 1 aliphatic heterocycles. The van der Waals surface area contributed by atoms with Gasteiger partial charge in [0.15, 0.2) is 0 Å². The standard InChI is InChI=1S/C22H19N3O4S/c1-29-22(26)19-12-16-15-8-2-3-9-17(15)24-18(16)13-25(19)30(27,28)20-10-4-6-14-7-5-11-23-21(14)20/h2-11,19,24H,12-13H2,1H3/t19-/m0/s1. The Balaban J connectivity index is 1.68. The van der Waals surface area contributed by atoms with Crippen molar-refractivity contribution >= 4 is 37.8 Å². The number of pyridine rings is 1. The number of sulfonamides is 1. The molecule has 7 nitrogen and oxygen atoms in total. The zero-order chi connectivity index (χ0) is 20.9. The van der Waals surface area contributed by atoms with Gasteiger partial charge in [-0.25, -0.2) is 8.42 Å². The van der Waals surface area contributed by atoms with Crippen LogP contribution < -0.4 is 0 Å². The van der Waals surface area contributed by atoms with Crippen molar-refractivity contribution in [3.05, 3.63) is 72.1 Å². The second-order valence-electron chi connectivity index (χ2n) is 7.25. The number of esters is 1. The average molecular weight is 421 g/mol. The van der Waals surface area contributed by atoms with Gasteiger partial charge in [-0.15, -0.1) is 0 Å². The third-order valence-electron chi connectivity index (χ3n) is 5.62. The Kier molecular flexibility index (Phi) is 4.34. The highest BCUT2D eigenvalue weighted by molar-refractivity contribution is 7.89. The minimum absolute atomic E-state index is 0.0509. The lowest BCUT2D eigenvalue weighted by Gasteiger charge is -2.33. The second kappa shape index (κ2) is 6.93. The highest BCUT2D eigenvalue weighted by Crippen LogP contribution is 2.35. The second-order valence-corrected chi connectivity index (χ2v) is 9.11. The number of nitrogens with one attached hydrogen (secondary N) is 1. The van der Waals surface area contributed by atoms with E-state index in [1.165, 1.54) is 17.5 Å². The zero-order valence-electron chi connectivity index (χ0n) is 16.2. The van der Waals surface area contributed by atoms with E-state index in [1.54, 1.807) is 18.3 Å². The largest absolute Gasteiger partial charge is 0.468 e. The maximum Gasteiger partial charge on any atom is 0.324 e. The number of aromatic nitrogens is 2. The molecule has 8 heteroatoms. The van der Waals surface area contributed by atoms with Gasteiger partial charge in [-0.1, -0.05) is 36.4 Å². The molecular formula is C22H19N3O4S. The molecule has 0 bridgehead atoms. The minimum atomic E-state index is -4.02. The molecule has 5 rings (SSSR count). The Morgan fingerprint density at radius 2 is 1.93 bits per heavy atom. The number of carbonyl (C=O) groups is 1. The van der Waals surface area contributed by atoms with Crippen LogP contribution in [-0.2, 0) is 32.5 Å². The van der Waals surface area contributed by atoms with Gasteiger partial charge in [0, 0.05) is 34.6 Å². The van der Waals surface area contributed by atoms with E-state index in [1.807, 2.05) is 36.4 Å². The summed E-state index contributed by atoms with van der Waals surface area (Å²) in [7, 11) is -2.75. The Morgan fingerprint density at radius 3 is 2.77 bits per heavy atom. The number of ether oxygens (including phenoxy) is 1. The predicted octanol–water partition coefficient (Wildman–Crippen LogP) is 3.00. The first kappa shape index (κ1) is 18.8. The van der Waals surface area contributed by atoms with E-state index in [0.717, 1.165) is 27.5 Å². The number of nitrogens with zero attached hydrogens (tertiary/aromatic N) is 2. The van der Waals surface area contributed by atoms with Crippen LogP contribution in [0.4, 0.5) is 0 Å². The summed E-state index contributed by atoms with van der Waals surface area (Å²) < 4.78 is 33.6. The zero-order valence-corrected chi connectivity index (χ0v) is 17.0. The fourth-order valence-corrected chi connectivity index (χ4v) is 5.90. The molecule has 0 unspecified atom stereocenters. The quantitative estimate of drug-likeness (QED) is 0.514. The van der Waals surface area contributed by atoms with E-state index in [0.29, 0.717) is 5.52 Å². The lowest BCUT2D eigenvalue weighted by molar-refractivity contribution is -0.145. The van der Waals surface area contributed by atoms with Crippen LogP contribution >= 0.6 is 0 Å². The van der Waals surface area contributed by atoms with Crippen molar-refractivity contribution in [3.63, 3.8) is 0 Å². The van der Waals surface area contributed by atoms with Crippen molar-refractivity contribution in [2.45, 2.75) is 23.9 Å². The third-order valence-corrected chi connectivity index (χ3v) is 7.50. The topological polar surface area (TPSA) is 92.4 Å². The highest BCUT2D eigenvalue weighted by Gasteiger charge is 2.42. The van der Waals surface area contributed by atoms with Crippen LogP contribution in [0, 0.1) is 0 Å². The number of methoxy groups -OCH3 is 1. The number of fused-ring (bicyclic) bond motifs is 4. The van der Waals surface area contributed by atoms with Crippen LogP contribution in [0.15, 0.2) is 65.7 Å². The number of carbonyl (C=O) groups excluding carboxylic acids is 1. The lowest BCUT2D eigenvalue weighted by atomic mass is 9.98. The Morgan fingerprint density at radius 1 is 1.13 bits per heavy atom. The van der Waals surface area contributed by atoms with Gasteiger partial charge in [0.05, 0.1) is 19.2 Å². The van der Waals surface area contributed by atoms with Gasteiger partial charge in [-0.05, 0) is 23.8 Å². The van der Waals surface area contributed by atoms with E-state index < -0.39 is 22.0 Å². The number of rotatable bonds is 3. The monoisotopic (exact) mass is 421 g/mol. The molecule has 1 aliphatic rings. The van der Waals surface area contributed by atoms with Crippen molar-refractivity contribution in [1.82, 2.24) is 14.3 Å². The van der Waals surface area contributed by atoms with Crippen LogP contribution in [0.3, 0.4) is 0 Å². The molecule has 0 amide bonds. The van der Waals surface area contributed by atoms with Gasteiger partial charge >= 0.3 is 5.97 Å². The summed E-state index contributed by atoms with van der Waals surface area (Å²) in [5.74, 6) is -0.581. The number of hydrogen-bond donors (Lipinski definition) is 1. The minimum Gasteiger partial charge on any atom is -0.468 e. The van der Waals surface area contributed by atoms with E-state index in [2.05, 4.69) is 9.97 Å². The molecule has 0 spiro atoms. The Labute approximate surface area is 173 Å². The van der Waals surface area contributed by atoms with Gasteiger partial charge in [-0.2, -0.15) is 4.31 Å². The van der Waals surface area contributed by atoms with Crippen molar-refractivity contribution < 1.29 is 17.9 Å². The maximum atomic E-state index is 13.7. The van der Waals surface area contributed by atoms with Gasteiger partial charge in [0.25, 0.3) is 0 Å². The lowest BCUT2D eigenvalue weighted by Crippen LogP contribution is -2.49. The van der Waals surface area contributed by atoms with E-state index in [9.17, 15) is 13.2 Å². The number of aromatic amines is 1. The van der Waals surface area contributed by atoms with E-state index >= 15 is 0 Å². The molecule has 0 radical (unpaired) electrons. The molecule has 0 aliphatic carbocycles. The summed E-state index contributed by atoms with van der Waals surface area (Å²) in [4.78, 5) is 20.3. The number of hydrogen-bond acceptors (Lipinski definition) is 5. The van der Waals surface area contributed by atoms with Crippen LogP contribution in [0.1, 0.15) is 11.3 Å². The van der Waals surface area contributed by atoms with Gasteiger partial charge in [0.1, 0.15) is 10.9 Å². The maximum absolute atomic E-state index is 13.7. The number of H-pyrrole nitrogens is 1. The van der Waals surface area contributed by atoms with Crippen molar-refractivity contribution in [2.24, 2.45) is 0 Å². The third kappa shape index (κ3) is 2.79. The molecule has 3 heterocycles. The van der Waals surface area contributed by atoms with Crippen molar-refractivity contribution in [1.29, 1.82) is 0 Å². The van der Waals surface area contributed by atoms with Crippen molar-refractivity contribution in [3.8, 4) is 0 Å². The number of benzene rings is 2. The fourth-order valence-electron chi connectivity index (χ4n) is 4.19. The first-order valence-electron chi connectivity index (χ1n) is 9.52. The van der Waals surface area contributed by atoms with Crippen LogP contribution in [0.25, 0.3) is 21.8 Å². The molecule has 152 valence electrons. The van der Waals surface area contributed by atoms with Gasteiger partial charge in [-0.3, -0.25) is 9.78 Å². The first-order valence-corrected chi connectivity index (χ1v) is 11.0. The SMILES string of the molecule is COC(=O)[C@@H]1Cc2c([nH]c3ccccc23)CN1S(=O)(=O)c1cccc2cccnc12. The summed E-state index contributed by atoms with van der Waals surface area (Å²) in [5, 5.41) is 1.71. The smallest absolute Gasteiger partial charge is 0.324 e. The molecule has 0 saturated heterocycles. The predicted molar refractivity (Wildman–Crippen MR) is 112 cm³/mol. The molecule has 1 atom stereocenters. The van der Waals surface area contributed by atoms with Crippen molar-refractivity contribution in [2.75, 3.05) is 7.11 Å². The summed E-state index contributed by atoms with van der Waals surface area (Å²) in [6.07, 6.45) is 1.80. The fraction of sp³-hybridized carbons (Fsp3) is 0.182. The molecule has 1 N–H and O–H groups in total. The average Bonchev–Trinajstić information content (AvgIpc) is 3.15. The number of para-hydroxylation sites is 2. The summed E-state index contributed by atoms with van der Waals surface area (Å²) in [6, 6.07) is 15.4. The molecule has 0 fully saturated rings. The van der Waals surface area contributed by atoms with Crippen LogP contribution in [-0.4, -0.2) is 41.8 Å². The normalized spacial score (nSPS) is 17.2. The van der Waals surface area contributed by atoms with E-state index in [-0.39, 0.29) is 17.9 Å². The van der Waals surface area contributed by atoms with Gasteiger partial charge in [0.2, 0.25) is 10.0 Å². The molecule has 2 aromatic carbocycles. The van der Waals surface area contributed by atoms with Crippen LogP contribution in [0.2, 0.25) is 0 Å². The molecular weight excluding hydrogens is 402 g/mol. The molecule has 4 aromatic rings. The molecule has 2 aromatic heterocycles. The summed E-state index contributed by atoms with van der Waals surface area (Å²) in [6.45, 7) is 0.0509. The Hall–Kier alpha value is -3.23. The highest BCUT2D eigenvalue weighted by atomic mass is 32.2. The van der Waals surface area contributed by atoms with Gasteiger partial charge < -0.3 is 9.72 Å². The summed E-state index contributed by atoms with van der Waals surface area (Å²) >= 11 is 0. The summed E-state index contributed by atoms with van der Waals surface area (Å²) in [5.41, 5.74) is 3.03.